The Labute approximate surface area is 208 Å². The number of aliphatic carboxylic acids is 1. The fraction of sp³-hybridized carbons (Fsp3) is 0.276. The normalized spacial score (nSPS) is 9.59. The van der Waals surface area contributed by atoms with Crippen LogP contribution in [0.3, 0.4) is 0 Å². The highest BCUT2D eigenvalue weighted by Crippen LogP contribution is 2.32. The number of phenols is 1. The number of carboxylic acids is 1. The summed E-state index contributed by atoms with van der Waals surface area (Å²) in [5.74, 6) is -0.274. The molecule has 3 aromatic rings. The van der Waals surface area contributed by atoms with E-state index in [9.17, 15) is 9.90 Å². The van der Waals surface area contributed by atoms with Gasteiger partial charge < -0.3 is 14.9 Å². The lowest BCUT2D eigenvalue weighted by Crippen LogP contribution is -2.09. The summed E-state index contributed by atoms with van der Waals surface area (Å²) in [6.07, 6.45) is 2.19. The molecule has 0 saturated carbocycles. The molecule has 0 saturated heterocycles. The van der Waals surface area contributed by atoms with Crippen LogP contribution >= 0.6 is 11.8 Å². The van der Waals surface area contributed by atoms with E-state index in [-0.39, 0.29) is 11.5 Å². The number of phenolic OH excluding ortho intramolecular Hbond substituents is 1. The molecule has 0 bridgehead atoms. The van der Waals surface area contributed by atoms with Crippen LogP contribution in [0.1, 0.15) is 49.9 Å². The molecule has 0 aliphatic carbocycles. The fourth-order valence-electron chi connectivity index (χ4n) is 2.94. The third-order valence-electron chi connectivity index (χ3n) is 4.54. The summed E-state index contributed by atoms with van der Waals surface area (Å²) in [6.45, 7) is 11.7. The first kappa shape index (κ1) is 28.9. The van der Waals surface area contributed by atoms with Crippen molar-refractivity contribution in [2.75, 3.05) is 12.4 Å². The van der Waals surface area contributed by atoms with Crippen molar-refractivity contribution >= 4 is 23.3 Å². The molecular formula is C29H36O4S. The summed E-state index contributed by atoms with van der Waals surface area (Å²) in [5.41, 5.74) is 5.91. The molecular weight excluding hydrogens is 444 g/mol. The van der Waals surface area contributed by atoms with Crippen LogP contribution in [-0.4, -0.2) is 28.5 Å². The second kappa shape index (κ2) is 15.6. The molecule has 0 atom stereocenters. The monoisotopic (exact) mass is 480 g/mol. The first-order valence-corrected chi connectivity index (χ1v) is 12.6. The average molecular weight is 481 g/mol. The van der Waals surface area contributed by atoms with Crippen molar-refractivity contribution in [3.8, 4) is 11.5 Å². The molecule has 0 fully saturated rings. The van der Waals surface area contributed by atoms with Crippen molar-refractivity contribution in [1.29, 1.82) is 0 Å². The van der Waals surface area contributed by atoms with Crippen LogP contribution < -0.4 is 4.74 Å². The Morgan fingerprint density at radius 1 is 0.853 bits per heavy atom. The van der Waals surface area contributed by atoms with Crippen molar-refractivity contribution in [1.82, 2.24) is 0 Å². The molecule has 3 aromatic carbocycles. The maximum atomic E-state index is 10.6. The largest absolute Gasteiger partial charge is 0.504 e. The maximum absolute atomic E-state index is 10.6. The highest BCUT2D eigenvalue weighted by molar-refractivity contribution is 7.99. The van der Waals surface area contributed by atoms with E-state index in [1.807, 2.05) is 33.8 Å². The van der Waals surface area contributed by atoms with E-state index in [2.05, 4.69) is 68.5 Å². The Balaban J connectivity index is 0.00000137. The molecule has 0 aliphatic heterocycles. The topological polar surface area (TPSA) is 66.8 Å². The van der Waals surface area contributed by atoms with Gasteiger partial charge in [0.15, 0.2) is 18.1 Å². The maximum Gasteiger partial charge on any atom is 0.341 e. The lowest BCUT2D eigenvalue weighted by Gasteiger charge is -2.11. The minimum Gasteiger partial charge on any atom is -0.504 e. The lowest BCUT2D eigenvalue weighted by atomic mass is 9.96. The number of carbonyl (C=O) groups is 1. The molecule has 0 aromatic heterocycles. The molecule has 4 nitrogen and oxygen atoms in total. The van der Waals surface area contributed by atoms with Gasteiger partial charge in [-0.2, -0.15) is 0 Å². The number of thioether (sulfide) groups is 1. The van der Waals surface area contributed by atoms with Crippen molar-refractivity contribution in [3.63, 3.8) is 0 Å². The van der Waals surface area contributed by atoms with Gasteiger partial charge in [0.2, 0.25) is 0 Å². The van der Waals surface area contributed by atoms with Crippen molar-refractivity contribution in [2.45, 2.75) is 46.4 Å². The fourth-order valence-corrected chi connectivity index (χ4v) is 3.74. The van der Waals surface area contributed by atoms with Gasteiger partial charge >= 0.3 is 5.97 Å². The number of hydrogen-bond donors (Lipinski definition) is 2. The van der Waals surface area contributed by atoms with E-state index in [1.165, 1.54) is 11.1 Å². The Morgan fingerprint density at radius 3 is 1.79 bits per heavy atom. The van der Waals surface area contributed by atoms with E-state index in [0.29, 0.717) is 5.75 Å². The number of carboxylic acid groups (broad SMARTS) is 1. The van der Waals surface area contributed by atoms with Gasteiger partial charge in [-0.3, -0.25) is 0 Å². The zero-order chi connectivity index (χ0) is 25.5. The quantitative estimate of drug-likeness (QED) is 0.323. The predicted molar refractivity (Wildman–Crippen MR) is 144 cm³/mol. The number of hydrogen-bond acceptors (Lipinski definition) is 4. The van der Waals surface area contributed by atoms with Crippen molar-refractivity contribution < 1.29 is 19.7 Å². The summed E-state index contributed by atoms with van der Waals surface area (Å²) < 4.78 is 5.06. The lowest BCUT2D eigenvalue weighted by molar-refractivity contribution is -0.139. The van der Waals surface area contributed by atoms with E-state index in [0.717, 1.165) is 21.6 Å². The van der Waals surface area contributed by atoms with E-state index in [4.69, 9.17) is 9.84 Å². The van der Waals surface area contributed by atoms with Gasteiger partial charge in [0.05, 0.1) is 0 Å². The van der Waals surface area contributed by atoms with E-state index >= 15 is 0 Å². The van der Waals surface area contributed by atoms with Gasteiger partial charge in [0.1, 0.15) is 0 Å². The zero-order valence-electron chi connectivity index (χ0n) is 21.0. The number of ether oxygens (including phenoxy) is 1. The third-order valence-corrected chi connectivity index (χ3v) is 5.46. The second-order valence-electron chi connectivity index (χ2n) is 6.97. The van der Waals surface area contributed by atoms with Crippen LogP contribution in [0.15, 0.2) is 77.7 Å². The second-order valence-corrected chi connectivity index (χ2v) is 8.07. The molecule has 0 amide bonds. The molecule has 0 heterocycles. The molecule has 2 N–H and O–H groups in total. The third kappa shape index (κ3) is 9.36. The van der Waals surface area contributed by atoms with Gasteiger partial charge in [0, 0.05) is 10.6 Å². The van der Waals surface area contributed by atoms with Crippen LogP contribution in [0.5, 0.6) is 11.5 Å². The Morgan fingerprint density at radius 2 is 1.35 bits per heavy atom. The van der Waals surface area contributed by atoms with E-state index < -0.39 is 12.6 Å². The van der Waals surface area contributed by atoms with Crippen LogP contribution in [-0.2, 0) is 4.79 Å². The first-order valence-electron chi connectivity index (χ1n) is 11.6. The predicted octanol–water partition coefficient (Wildman–Crippen LogP) is 7.75. The standard InChI is InChI=1S/C25H24O4S.2C2H6/c1-17-3-7-19(8-4-17)22(20-9-5-18(2)6-10-20)13-14-30-21-11-12-24(23(26)15-21)29-16-25(27)28;2*1-2/h3-13,15,26H,14,16H2,1-2H3,(H,27,28);2*1-2H3. The highest BCUT2D eigenvalue weighted by Gasteiger charge is 2.08. The SMILES string of the molecule is CC.CC.Cc1ccc(C(=CCSc2ccc(OCC(=O)O)c(O)c2)c2ccc(C)cc2)cc1. The van der Waals surface area contributed by atoms with Crippen molar-refractivity contribution in [2.24, 2.45) is 0 Å². The average Bonchev–Trinajstić information content (AvgIpc) is 2.85. The highest BCUT2D eigenvalue weighted by atomic mass is 32.2. The molecule has 0 radical (unpaired) electrons. The number of benzene rings is 3. The van der Waals surface area contributed by atoms with Crippen LogP contribution in [0.25, 0.3) is 5.57 Å². The smallest absolute Gasteiger partial charge is 0.341 e. The van der Waals surface area contributed by atoms with Crippen LogP contribution in [0, 0.1) is 13.8 Å². The van der Waals surface area contributed by atoms with Gasteiger partial charge in [-0.15, -0.1) is 11.8 Å². The van der Waals surface area contributed by atoms with Gasteiger partial charge in [-0.25, -0.2) is 4.79 Å². The summed E-state index contributed by atoms with van der Waals surface area (Å²) in [6, 6.07) is 22.0. The summed E-state index contributed by atoms with van der Waals surface area (Å²) in [4.78, 5) is 11.5. The van der Waals surface area contributed by atoms with Gasteiger partial charge in [-0.05, 0) is 48.7 Å². The molecule has 0 unspecified atom stereocenters. The molecule has 0 aliphatic rings. The minimum atomic E-state index is -1.09. The van der Waals surface area contributed by atoms with Crippen molar-refractivity contribution in [3.05, 3.63) is 95.1 Å². The summed E-state index contributed by atoms with van der Waals surface area (Å²) in [7, 11) is 0. The Kier molecular flexibility index (Phi) is 13.3. The number of rotatable bonds is 8. The Bertz CT molecular complexity index is 991. The first-order chi connectivity index (χ1) is 16.4. The number of aryl methyl sites for hydroxylation is 2. The molecule has 0 spiro atoms. The molecule has 182 valence electrons. The van der Waals surface area contributed by atoms with Gasteiger partial charge in [-0.1, -0.05) is 93.4 Å². The van der Waals surface area contributed by atoms with Crippen LogP contribution in [0.4, 0.5) is 0 Å². The Hall–Kier alpha value is -3.18. The molecule has 5 heteroatoms. The van der Waals surface area contributed by atoms with Crippen LogP contribution in [0.2, 0.25) is 0 Å². The summed E-state index contributed by atoms with van der Waals surface area (Å²) >= 11 is 1.58. The summed E-state index contributed by atoms with van der Waals surface area (Å²) in [5, 5.41) is 18.8. The molecule has 34 heavy (non-hydrogen) atoms. The zero-order valence-corrected chi connectivity index (χ0v) is 21.8. The number of aromatic hydroxyl groups is 1. The molecule has 3 rings (SSSR count). The van der Waals surface area contributed by atoms with E-state index in [1.54, 1.807) is 23.9 Å². The minimum absolute atomic E-state index is 0.0671. The van der Waals surface area contributed by atoms with Gasteiger partial charge in [0.25, 0.3) is 0 Å².